The van der Waals surface area contributed by atoms with Gasteiger partial charge in [-0.15, -0.1) is 0 Å². The SMILES string of the molecule is CC(=O)c1ccccc1NC(=O)COC(=O)/C=C/c1c(C)nn(C)c1Cl. The number of ketones is 1. The van der Waals surface area contributed by atoms with Crippen LogP contribution in [0.3, 0.4) is 0 Å². The van der Waals surface area contributed by atoms with Gasteiger partial charge in [0, 0.05) is 24.3 Å². The Morgan fingerprint density at radius 2 is 2.00 bits per heavy atom. The zero-order chi connectivity index (χ0) is 19.3. The van der Waals surface area contributed by atoms with Gasteiger partial charge in [0.2, 0.25) is 0 Å². The van der Waals surface area contributed by atoms with Crippen molar-refractivity contribution in [1.82, 2.24) is 9.78 Å². The topological polar surface area (TPSA) is 90.3 Å². The lowest BCUT2D eigenvalue weighted by Gasteiger charge is -2.08. The van der Waals surface area contributed by atoms with E-state index in [2.05, 4.69) is 10.4 Å². The van der Waals surface area contributed by atoms with Crippen LogP contribution in [-0.4, -0.2) is 34.0 Å². The Morgan fingerprint density at radius 3 is 2.62 bits per heavy atom. The molecule has 0 aliphatic heterocycles. The number of aryl methyl sites for hydroxylation is 2. The van der Waals surface area contributed by atoms with Crippen LogP contribution in [0, 0.1) is 6.92 Å². The molecule has 1 heterocycles. The molecule has 1 aromatic carbocycles. The summed E-state index contributed by atoms with van der Waals surface area (Å²) < 4.78 is 6.38. The smallest absolute Gasteiger partial charge is 0.331 e. The van der Waals surface area contributed by atoms with Crippen molar-refractivity contribution in [3.8, 4) is 0 Å². The first-order chi connectivity index (χ1) is 12.3. The Morgan fingerprint density at radius 1 is 1.31 bits per heavy atom. The first kappa shape index (κ1) is 19.4. The van der Waals surface area contributed by atoms with Gasteiger partial charge in [0.25, 0.3) is 5.91 Å². The third-order valence-corrected chi connectivity index (χ3v) is 3.96. The number of carbonyl (C=O) groups is 3. The van der Waals surface area contributed by atoms with Crippen molar-refractivity contribution in [2.75, 3.05) is 11.9 Å². The fourth-order valence-corrected chi connectivity index (χ4v) is 2.49. The molecule has 0 bridgehead atoms. The number of carbonyl (C=O) groups excluding carboxylic acids is 3. The largest absolute Gasteiger partial charge is 0.452 e. The minimum atomic E-state index is -0.695. The normalized spacial score (nSPS) is 10.8. The molecular formula is C18H18ClN3O4. The monoisotopic (exact) mass is 375 g/mol. The van der Waals surface area contributed by atoms with Crippen molar-refractivity contribution in [3.05, 3.63) is 52.3 Å². The van der Waals surface area contributed by atoms with Gasteiger partial charge in [-0.1, -0.05) is 23.7 Å². The van der Waals surface area contributed by atoms with E-state index in [4.69, 9.17) is 16.3 Å². The Bertz CT molecular complexity index is 887. The second-order valence-electron chi connectivity index (χ2n) is 5.50. The average molecular weight is 376 g/mol. The molecule has 0 atom stereocenters. The number of ether oxygens (including phenoxy) is 1. The fraction of sp³-hybridized carbons (Fsp3) is 0.222. The van der Waals surface area contributed by atoms with Gasteiger partial charge in [-0.2, -0.15) is 5.10 Å². The van der Waals surface area contributed by atoms with Crippen molar-refractivity contribution in [2.45, 2.75) is 13.8 Å². The molecule has 0 radical (unpaired) electrons. The number of rotatable bonds is 6. The minimum absolute atomic E-state index is 0.176. The molecule has 2 rings (SSSR count). The highest BCUT2D eigenvalue weighted by Crippen LogP contribution is 2.20. The molecule has 0 saturated heterocycles. The molecule has 2 aromatic rings. The molecule has 26 heavy (non-hydrogen) atoms. The van der Waals surface area contributed by atoms with Gasteiger partial charge in [-0.25, -0.2) is 4.79 Å². The molecular weight excluding hydrogens is 358 g/mol. The van der Waals surface area contributed by atoms with E-state index >= 15 is 0 Å². The number of halogens is 1. The second-order valence-corrected chi connectivity index (χ2v) is 5.86. The maximum atomic E-state index is 11.9. The van der Waals surface area contributed by atoms with Gasteiger partial charge in [0.1, 0.15) is 5.15 Å². The Balaban J connectivity index is 1.92. The van der Waals surface area contributed by atoms with Gasteiger partial charge in [-0.05, 0) is 32.1 Å². The van der Waals surface area contributed by atoms with E-state index in [0.29, 0.717) is 27.7 Å². The van der Waals surface area contributed by atoms with E-state index in [9.17, 15) is 14.4 Å². The summed E-state index contributed by atoms with van der Waals surface area (Å²) in [6, 6.07) is 6.59. The van der Waals surface area contributed by atoms with Crippen LogP contribution < -0.4 is 5.32 Å². The summed E-state index contributed by atoms with van der Waals surface area (Å²) in [5.41, 5.74) is 2.02. The molecule has 1 amide bonds. The number of Topliss-reactive ketones (excluding diaryl/α,β-unsaturated/α-hetero) is 1. The van der Waals surface area contributed by atoms with Crippen LogP contribution in [-0.2, 0) is 21.4 Å². The number of hydrogen-bond donors (Lipinski definition) is 1. The third kappa shape index (κ3) is 4.80. The summed E-state index contributed by atoms with van der Waals surface area (Å²) >= 11 is 6.06. The van der Waals surface area contributed by atoms with Gasteiger partial charge >= 0.3 is 5.97 Å². The van der Waals surface area contributed by atoms with Gasteiger partial charge in [-0.3, -0.25) is 14.3 Å². The fourth-order valence-electron chi connectivity index (χ4n) is 2.26. The predicted molar refractivity (Wildman–Crippen MR) is 98.0 cm³/mol. The number of para-hydroxylation sites is 1. The van der Waals surface area contributed by atoms with Crippen LogP contribution in [0.2, 0.25) is 5.15 Å². The second kappa shape index (κ2) is 8.44. The van der Waals surface area contributed by atoms with Crippen LogP contribution in [0.5, 0.6) is 0 Å². The molecule has 8 heteroatoms. The minimum Gasteiger partial charge on any atom is -0.452 e. The number of hydrogen-bond acceptors (Lipinski definition) is 5. The zero-order valence-electron chi connectivity index (χ0n) is 14.6. The van der Waals surface area contributed by atoms with E-state index < -0.39 is 18.5 Å². The average Bonchev–Trinajstić information content (AvgIpc) is 2.83. The molecule has 0 aliphatic carbocycles. The molecule has 0 spiro atoms. The number of esters is 1. The lowest BCUT2D eigenvalue weighted by Crippen LogP contribution is -2.21. The van der Waals surface area contributed by atoms with Gasteiger partial charge < -0.3 is 10.1 Å². The summed E-state index contributed by atoms with van der Waals surface area (Å²) in [5, 5.41) is 7.06. The molecule has 1 aromatic heterocycles. The zero-order valence-corrected chi connectivity index (χ0v) is 15.3. The predicted octanol–water partition coefficient (Wildman–Crippen LogP) is 2.78. The summed E-state index contributed by atoms with van der Waals surface area (Å²) in [5.74, 6) is -1.42. The van der Waals surface area contributed by atoms with Crippen molar-refractivity contribution >= 4 is 41.0 Å². The molecule has 0 aliphatic rings. The number of nitrogens with one attached hydrogen (secondary N) is 1. The number of aromatic nitrogens is 2. The highest BCUT2D eigenvalue weighted by atomic mass is 35.5. The Labute approximate surface area is 155 Å². The van der Waals surface area contributed by atoms with Crippen molar-refractivity contribution < 1.29 is 19.1 Å². The molecule has 1 N–H and O–H groups in total. The van der Waals surface area contributed by atoms with Crippen LogP contribution in [0.25, 0.3) is 6.08 Å². The molecule has 0 fully saturated rings. The molecule has 136 valence electrons. The summed E-state index contributed by atoms with van der Waals surface area (Å²) in [4.78, 5) is 35.2. The first-order valence-electron chi connectivity index (χ1n) is 7.73. The number of benzene rings is 1. The van der Waals surface area contributed by atoms with Crippen LogP contribution in [0.4, 0.5) is 5.69 Å². The van der Waals surface area contributed by atoms with Crippen LogP contribution in [0.15, 0.2) is 30.3 Å². The van der Waals surface area contributed by atoms with E-state index in [1.165, 1.54) is 23.8 Å². The summed E-state index contributed by atoms with van der Waals surface area (Å²) in [6.07, 6.45) is 2.66. The lowest BCUT2D eigenvalue weighted by molar-refractivity contribution is -0.142. The number of anilines is 1. The van der Waals surface area contributed by atoms with Crippen LogP contribution >= 0.6 is 11.6 Å². The van der Waals surface area contributed by atoms with Crippen molar-refractivity contribution in [3.63, 3.8) is 0 Å². The molecule has 0 saturated carbocycles. The highest BCUT2D eigenvalue weighted by Gasteiger charge is 2.12. The summed E-state index contributed by atoms with van der Waals surface area (Å²) in [7, 11) is 1.69. The van der Waals surface area contributed by atoms with E-state index in [1.54, 1.807) is 38.2 Å². The molecule has 0 unspecified atom stereocenters. The Hall–Kier alpha value is -2.93. The third-order valence-electron chi connectivity index (χ3n) is 3.51. The molecule has 7 nitrogen and oxygen atoms in total. The number of nitrogens with zero attached hydrogens (tertiary/aromatic N) is 2. The maximum Gasteiger partial charge on any atom is 0.331 e. The van der Waals surface area contributed by atoms with E-state index in [0.717, 1.165) is 0 Å². The highest BCUT2D eigenvalue weighted by molar-refractivity contribution is 6.31. The lowest BCUT2D eigenvalue weighted by atomic mass is 10.1. The maximum absolute atomic E-state index is 11.9. The summed E-state index contributed by atoms with van der Waals surface area (Å²) in [6.45, 7) is 2.69. The number of amides is 1. The Kier molecular flexibility index (Phi) is 6.30. The quantitative estimate of drug-likeness (QED) is 0.476. The van der Waals surface area contributed by atoms with E-state index in [1.807, 2.05) is 0 Å². The van der Waals surface area contributed by atoms with Gasteiger partial charge in [0.05, 0.1) is 11.4 Å². The first-order valence-corrected chi connectivity index (χ1v) is 8.11. The van der Waals surface area contributed by atoms with Gasteiger partial charge in [0.15, 0.2) is 12.4 Å². The standard InChI is InChI=1S/C18H18ClN3O4/c1-11-13(18(19)22(3)21-11)8-9-17(25)26-10-16(24)20-15-7-5-4-6-14(15)12(2)23/h4-9H,10H2,1-3H3,(H,20,24)/b9-8+. The van der Waals surface area contributed by atoms with Crippen LogP contribution in [0.1, 0.15) is 28.5 Å². The van der Waals surface area contributed by atoms with Crippen molar-refractivity contribution in [1.29, 1.82) is 0 Å². The van der Waals surface area contributed by atoms with E-state index in [-0.39, 0.29) is 5.78 Å². The van der Waals surface area contributed by atoms with Crippen molar-refractivity contribution in [2.24, 2.45) is 7.05 Å².